The van der Waals surface area contributed by atoms with Crippen LogP contribution in [0.5, 0.6) is 0 Å². The molecule has 1 aromatic heterocycles. The van der Waals surface area contributed by atoms with Gasteiger partial charge >= 0.3 is 0 Å². The van der Waals surface area contributed by atoms with Gasteiger partial charge in [-0.05, 0) is 47.4 Å². The highest BCUT2D eigenvalue weighted by atomic mass is 79.9. The summed E-state index contributed by atoms with van der Waals surface area (Å²) in [5.74, 6) is 0. The summed E-state index contributed by atoms with van der Waals surface area (Å²) in [5, 5.41) is 7.86. The minimum absolute atomic E-state index is 0.819. The predicted octanol–water partition coefficient (Wildman–Crippen LogP) is 3.42. The molecule has 4 heteroatoms. The van der Waals surface area contributed by atoms with Crippen molar-refractivity contribution >= 4 is 15.9 Å². The molecule has 0 aliphatic rings. The third kappa shape index (κ3) is 3.45. The van der Waals surface area contributed by atoms with Gasteiger partial charge < -0.3 is 5.32 Å². The van der Waals surface area contributed by atoms with Crippen LogP contribution in [0.3, 0.4) is 0 Å². The molecule has 0 aliphatic heterocycles. The van der Waals surface area contributed by atoms with E-state index in [1.807, 2.05) is 11.6 Å². The Hall–Kier alpha value is -1.13. The van der Waals surface area contributed by atoms with E-state index in [9.17, 15) is 0 Å². The quantitative estimate of drug-likeness (QED) is 0.914. The van der Waals surface area contributed by atoms with Crippen molar-refractivity contribution in [3.63, 3.8) is 0 Å². The highest BCUT2D eigenvalue weighted by Gasteiger charge is 2.08. The van der Waals surface area contributed by atoms with Gasteiger partial charge in [-0.3, -0.25) is 4.68 Å². The number of hydrogen-bond acceptors (Lipinski definition) is 2. The van der Waals surface area contributed by atoms with E-state index in [0.717, 1.165) is 29.8 Å². The average molecular weight is 322 g/mol. The van der Waals surface area contributed by atoms with E-state index in [1.165, 1.54) is 16.8 Å². The lowest BCUT2D eigenvalue weighted by atomic mass is 10.1. The van der Waals surface area contributed by atoms with Gasteiger partial charge in [0.25, 0.3) is 0 Å². The fourth-order valence-corrected chi connectivity index (χ4v) is 2.32. The van der Waals surface area contributed by atoms with Gasteiger partial charge in [0.2, 0.25) is 0 Å². The maximum Gasteiger partial charge on any atom is 0.0738 e. The van der Waals surface area contributed by atoms with Gasteiger partial charge in [-0.1, -0.05) is 31.2 Å². The first kappa shape index (κ1) is 14.3. The molecule has 2 rings (SSSR count). The molecule has 0 amide bonds. The largest absolute Gasteiger partial charge is 0.313 e. The van der Waals surface area contributed by atoms with Crippen LogP contribution in [0.4, 0.5) is 0 Å². The van der Waals surface area contributed by atoms with Crippen LogP contribution in [0, 0.1) is 13.8 Å². The predicted molar refractivity (Wildman–Crippen MR) is 82.3 cm³/mol. The molecule has 0 fully saturated rings. The number of aryl methyl sites for hydroxylation is 1. The molecule has 0 spiro atoms. The van der Waals surface area contributed by atoms with E-state index in [1.54, 1.807) is 0 Å². The average Bonchev–Trinajstić information content (AvgIpc) is 2.66. The Morgan fingerprint density at radius 1 is 1.16 bits per heavy atom. The summed E-state index contributed by atoms with van der Waals surface area (Å²) in [5.41, 5.74) is 4.81. The first-order valence-electron chi connectivity index (χ1n) is 6.60. The Kier molecular flexibility index (Phi) is 4.77. The van der Waals surface area contributed by atoms with E-state index >= 15 is 0 Å². The third-order valence-electron chi connectivity index (χ3n) is 3.23. The Labute approximate surface area is 123 Å². The lowest BCUT2D eigenvalue weighted by Crippen LogP contribution is -2.11. The minimum atomic E-state index is 0.819. The Bertz CT molecular complexity index is 543. The molecule has 1 aromatic carbocycles. The van der Waals surface area contributed by atoms with Crippen LogP contribution >= 0.6 is 15.9 Å². The fraction of sp³-hybridized carbons (Fsp3) is 0.400. The molecule has 1 heterocycles. The van der Waals surface area contributed by atoms with Crippen molar-refractivity contribution in [1.82, 2.24) is 15.1 Å². The number of hydrogen-bond donors (Lipinski definition) is 1. The third-order valence-corrected chi connectivity index (χ3v) is 4.38. The van der Waals surface area contributed by atoms with Crippen LogP contribution in [0.15, 0.2) is 28.7 Å². The number of halogens is 1. The van der Waals surface area contributed by atoms with Crippen molar-refractivity contribution in [2.75, 3.05) is 6.54 Å². The van der Waals surface area contributed by atoms with Crippen molar-refractivity contribution in [2.24, 2.45) is 0 Å². The normalized spacial score (nSPS) is 10.9. The van der Waals surface area contributed by atoms with Gasteiger partial charge in [-0.15, -0.1) is 0 Å². The van der Waals surface area contributed by atoms with Crippen molar-refractivity contribution in [3.8, 4) is 0 Å². The first-order valence-corrected chi connectivity index (χ1v) is 7.39. The van der Waals surface area contributed by atoms with Crippen molar-refractivity contribution in [3.05, 3.63) is 51.3 Å². The van der Waals surface area contributed by atoms with E-state index in [4.69, 9.17) is 0 Å². The van der Waals surface area contributed by atoms with E-state index in [-0.39, 0.29) is 0 Å². The van der Waals surface area contributed by atoms with Gasteiger partial charge in [-0.2, -0.15) is 5.10 Å². The number of nitrogens with one attached hydrogen (secondary N) is 1. The van der Waals surface area contributed by atoms with E-state index < -0.39 is 0 Å². The highest BCUT2D eigenvalue weighted by Crippen LogP contribution is 2.20. The molecule has 2 aromatic rings. The van der Waals surface area contributed by atoms with Gasteiger partial charge in [0.15, 0.2) is 0 Å². The number of benzene rings is 1. The second-order valence-corrected chi connectivity index (χ2v) is 5.53. The van der Waals surface area contributed by atoms with Crippen molar-refractivity contribution < 1.29 is 0 Å². The first-order chi connectivity index (χ1) is 9.11. The summed E-state index contributed by atoms with van der Waals surface area (Å²) in [4.78, 5) is 0. The zero-order valence-corrected chi connectivity index (χ0v) is 13.3. The SMILES string of the molecule is CCNCc1ccc(Cn2nc(C)c(Br)c2C)cc1. The standard InChI is InChI=1S/C15H20BrN3/c1-4-17-9-13-5-7-14(8-6-13)10-19-12(3)15(16)11(2)18-19/h5-8,17H,4,9-10H2,1-3H3. The van der Waals surface area contributed by atoms with Crippen LogP contribution in [-0.4, -0.2) is 16.3 Å². The lowest BCUT2D eigenvalue weighted by Gasteiger charge is -2.07. The molecular weight excluding hydrogens is 302 g/mol. The van der Waals surface area contributed by atoms with Gasteiger partial charge in [0.1, 0.15) is 0 Å². The van der Waals surface area contributed by atoms with Gasteiger partial charge in [0.05, 0.1) is 22.4 Å². The van der Waals surface area contributed by atoms with Crippen LogP contribution in [0.2, 0.25) is 0 Å². The van der Waals surface area contributed by atoms with Crippen LogP contribution in [0.1, 0.15) is 29.4 Å². The molecule has 0 saturated heterocycles. The second kappa shape index (κ2) is 6.35. The summed E-state index contributed by atoms with van der Waals surface area (Å²) in [7, 11) is 0. The van der Waals surface area contributed by atoms with Crippen molar-refractivity contribution in [2.45, 2.75) is 33.9 Å². The molecule has 19 heavy (non-hydrogen) atoms. The number of rotatable bonds is 5. The molecule has 0 bridgehead atoms. The summed E-state index contributed by atoms with van der Waals surface area (Å²) < 4.78 is 3.15. The molecule has 0 aliphatic carbocycles. The van der Waals surface area contributed by atoms with Crippen LogP contribution in [0.25, 0.3) is 0 Å². The van der Waals surface area contributed by atoms with Gasteiger partial charge in [0, 0.05) is 6.54 Å². The lowest BCUT2D eigenvalue weighted by molar-refractivity contribution is 0.658. The van der Waals surface area contributed by atoms with Crippen LogP contribution in [-0.2, 0) is 13.1 Å². The molecule has 1 N–H and O–H groups in total. The van der Waals surface area contributed by atoms with E-state index in [2.05, 4.69) is 64.5 Å². The number of nitrogens with zero attached hydrogens (tertiary/aromatic N) is 2. The zero-order valence-electron chi connectivity index (χ0n) is 11.7. The number of aromatic nitrogens is 2. The minimum Gasteiger partial charge on any atom is -0.313 e. The Balaban J connectivity index is 2.08. The molecule has 0 saturated carbocycles. The topological polar surface area (TPSA) is 29.9 Å². The maximum absolute atomic E-state index is 4.53. The molecule has 0 radical (unpaired) electrons. The summed E-state index contributed by atoms with van der Waals surface area (Å²) in [6.07, 6.45) is 0. The Morgan fingerprint density at radius 2 is 1.79 bits per heavy atom. The summed E-state index contributed by atoms with van der Waals surface area (Å²) in [6.45, 7) is 8.98. The zero-order chi connectivity index (χ0) is 13.8. The second-order valence-electron chi connectivity index (χ2n) is 4.74. The maximum atomic E-state index is 4.53. The smallest absolute Gasteiger partial charge is 0.0738 e. The molecule has 0 unspecified atom stereocenters. The summed E-state index contributed by atoms with van der Waals surface area (Å²) in [6, 6.07) is 8.71. The van der Waals surface area contributed by atoms with E-state index in [0.29, 0.717) is 0 Å². The van der Waals surface area contributed by atoms with Crippen molar-refractivity contribution in [1.29, 1.82) is 0 Å². The van der Waals surface area contributed by atoms with Gasteiger partial charge in [-0.25, -0.2) is 0 Å². The Morgan fingerprint density at radius 3 is 2.32 bits per heavy atom. The summed E-state index contributed by atoms with van der Waals surface area (Å²) >= 11 is 3.56. The van der Waals surface area contributed by atoms with Crippen LogP contribution < -0.4 is 5.32 Å². The highest BCUT2D eigenvalue weighted by molar-refractivity contribution is 9.10. The fourth-order valence-electron chi connectivity index (χ4n) is 2.03. The molecular formula is C15H20BrN3. The monoisotopic (exact) mass is 321 g/mol. The molecule has 3 nitrogen and oxygen atoms in total. The molecule has 0 atom stereocenters. The molecule has 102 valence electrons.